The lowest BCUT2D eigenvalue weighted by molar-refractivity contribution is 0.169. The van der Waals surface area contributed by atoms with Crippen LogP contribution in [0.1, 0.15) is 30.5 Å². The Morgan fingerprint density at radius 1 is 1.42 bits per heavy atom. The number of rotatable bonds is 5. The number of phenolic OH excluding ortho intramolecular Hbond substituents is 1. The van der Waals surface area contributed by atoms with Gasteiger partial charge in [0.1, 0.15) is 0 Å². The van der Waals surface area contributed by atoms with E-state index in [1.54, 1.807) is 12.1 Å². The number of nitrogens with zero attached hydrogens (tertiary/aromatic N) is 2. The van der Waals surface area contributed by atoms with Crippen LogP contribution in [0, 0.1) is 11.3 Å². The normalized spacial score (nSPS) is 15.4. The second kappa shape index (κ2) is 10.4. The minimum atomic E-state index is 0. The van der Waals surface area contributed by atoms with Crippen molar-refractivity contribution in [3.63, 3.8) is 0 Å². The van der Waals surface area contributed by atoms with E-state index in [9.17, 15) is 10.4 Å². The average molecular weight is 374 g/mol. The number of phenols is 1. The Balaban J connectivity index is 0.00000264. The van der Waals surface area contributed by atoms with Crippen LogP contribution in [0.15, 0.2) is 24.3 Å². The quantitative estimate of drug-likeness (QED) is 0.776. The van der Waals surface area contributed by atoms with E-state index in [0.29, 0.717) is 11.3 Å². The molecular weight excluding hydrogens is 349 g/mol. The minimum Gasteiger partial charge on any atom is -0.504 e. The zero-order chi connectivity index (χ0) is 16.1. The zero-order valence-electron chi connectivity index (χ0n) is 14.0. The SMILES string of the molecule is C=C(C)C[C@H](c1cc(C#N)cc(OC)c1O)N1CCNCC1.Cl.Cl. The standard InChI is InChI=1S/C17H23N3O2.2ClH/c1-12(2)8-15(20-6-4-19-5-7-20)14-9-13(11-18)10-16(22-3)17(14)21;;/h9-10,15,19,21H,1,4-8H2,2-3H3;2*1H/t15-;;/m1../s1. The Bertz CT molecular complexity index is 596. The molecule has 0 saturated carbocycles. The van der Waals surface area contributed by atoms with Crippen LogP contribution in [0.2, 0.25) is 0 Å². The van der Waals surface area contributed by atoms with Crippen molar-refractivity contribution in [2.24, 2.45) is 0 Å². The van der Waals surface area contributed by atoms with Gasteiger partial charge in [0.15, 0.2) is 11.5 Å². The summed E-state index contributed by atoms with van der Waals surface area (Å²) in [6.07, 6.45) is 0.742. The summed E-state index contributed by atoms with van der Waals surface area (Å²) in [5.74, 6) is 0.460. The highest BCUT2D eigenvalue weighted by Gasteiger charge is 2.26. The van der Waals surface area contributed by atoms with Gasteiger partial charge in [-0.2, -0.15) is 5.26 Å². The molecule has 7 heteroatoms. The second-order valence-electron chi connectivity index (χ2n) is 5.69. The molecule has 1 aliphatic heterocycles. The van der Waals surface area contributed by atoms with Crippen LogP contribution in [0.4, 0.5) is 0 Å². The Kier molecular flexibility index (Phi) is 9.79. The molecule has 0 aromatic heterocycles. The first-order valence-corrected chi connectivity index (χ1v) is 7.47. The number of methoxy groups -OCH3 is 1. The van der Waals surface area contributed by atoms with Gasteiger partial charge in [-0.05, 0) is 19.4 Å². The Morgan fingerprint density at radius 3 is 2.54 bits per heavy atom. The molecule has 1 aromatic rings. The van der Waals surface area contributed by atoms with Crippen LogP contribution in [0.5, 0.6) is 11.5 Å². The smallest absolute Gasteiger partial charge is 0.162 e. The molecule has 0 aliphatic carbocycles. The van der Waals surface area contributed by atoms with Gasteiger partial charge in [-0.15, -0.1) is 31.4 Å². The molecular formula is C17H25Cl2N3O2. The summed E-state index contributed by atoms with van der Waals surface area (Å²) < 4.78 is 5.22. The lowest BCUT2D eigenvalue weighted by Crippen LogP contribution is -2.45. The maximum Gasteiger partial charge on any atom is 0.162 e. The van der Waals surface area contributed by atoms with Crippen LogP contribution < -0.4 is 10.1 Å². The van der Waals surface area contributed by atoms with Gasteiger partial charge in [0, 0.05) is 43.9 Å². The first kappa shape index (κ1) is 22.6. The van der Waals surface area contributed by atoms with Crippen LogP contribution in [0.25, 0.3) is 0 Å². The maximum absolute atomic E-state index is 10.5. The summed E-state index contributed by atoms with van der Waals surface area (Å²) >= 11 is 0. The summed E-state index contributed by atoms with van der Waals surface area (Å²) in [4.78, 5) is 2.32. The lowest BCUT2D eigenvalue weighted by atomic mass is 9.95. The molecule has 1 fully saturated rings. The zero-order valence-corrected chi connectivity index (χ0v) is 15.7. The molecule has 1 atom stereocenters. The van der Waals surface area contributed by atoms with Crippen LogP contribution in [0.3, 0.4) is 0 Å². The molecule has 5 nitrogen and oxygen atoms in total. The van der Waals surface area contributed by atoms with Gasteiger partial charge < -0.3 is 15.2 Å². The van der Waals surface area contributed by atoms with Crippen molar-refractivity contribution in [1.29, 1.82) is 5.26 Å². The van der Waals surface area contributed by atoms with E-state index >= 15 is 0 Å². The number of hydrogen-bond donors (Lipinski definition) is 2. The van der Waals surface area contributed by atoms with E-state index in [4.69, 9.17) is 4.74 Å². The van der Waals surface area contributed by atoms with Gasteiger partial charge in [0.25, 0.3) is 0 Å². The monoisotopic (exact) mass is 373 g/mol. The lowest BCUT2D eigenvalue weighted by Gasteiger charge is -2.36. The molecule has 0 bridgehead atoms. The first-order valence-electron chi connectivity index (χ1n) is 7.47. The fourth-order valence-corrected chi connectivity index (χ4v) is 2.86. The highest BCUT2D eigenvalue weighted by atomic mass is 35.5. The Hall–Kier alpha value is -1.45. The second-order valence-corrected chi connectivity index (χ2v) is 5.69. The molecule has 0 radical (unpaired) electrons. The number of benzene rings is 1. The summed E-state index contributed by atoms with van der Waals surface area (Å²) in [7, 11) is 1.50. The predicted molar refractivity (Wildman–Crippen MR) is 100 cm³/mol. The number of nitriles is 1. The number of halogens is 2. The van der Waals surface area contributed by atoms with Crippen molar-refractivity contribution in [3.8, 4) is 17.6 Å². The van der Waals surface area contributed by atoms with Crippen LogP contribution in [-0.2, 0) is 0 Å². The third-order valence-electron chi connectivity index (χ3n) is 3.95. The average Bonchev–Trinajstić information content (AvgIpc) is 2.54. The number of ether oxygens (including phenoxy) is 1. The van der Waals surface area contributed by atoms with Crippen molar-refractivity contribution in [2.45, 2.75) is 19.4 Å². The molecule has 134 valence electrons. The number of nitrogens with one attached hydrogen (secondary N) is 1. The van der Waals surface area contributed by atoms with Crippen molar-refractivity contribution in [3.05, 3.63) is 35.4 Å². The van der Waals surface area contributed by atoms with Crippen LogP contribution >= 0.6 is 24.8 Å². The van der Waals surface area contributed by atoms with Gasteiger partial charge in [-0.1, -0.05) is 5.57 Å². The third-order valence-corrected chi connectivity index (χ3v) is 3.95. The fourth-order valence-electron chi connectivity index (χ4n) is 2.86. The molecule has 1 aliphatic rings. The van der Waals surface area contributed by atoms with E-state index < -0.39 is 0 Å². The summed E-state index contributed by atoms with van der Waals surface area (Å²) in [5.41, 5.74) is 2.27. The minimum absolute atomic E-state index is 0. The van der Waals surface area contributed by atoms with E-state index in [1.807, 2.05) is 6.92 Å². The largest absolute Gasteiger partial charge is 0.504 e. The van der Waals surface area contributed by atoms with Crippen molar-refractivity contribution in [1.82, 2.24) is 10.2 Å². The van der Waals surface area contributed by atoms with E-state index in [1.165, 1.54) is 7.11 Å². The topological polar surface area (TPSA) is 68.5 Å². The Labute approximate surface area is 156 Å². The summed E-state index contributed by atoms with van der Waals surface area (Å²) in [5, 5.41) is 23.1. The number of hydrogen-bond acceptors (Lipinski definition) is 5. The molecule has 24 heavy (non-hydrogen) atoms. The fraction of sp³-hybridized carbons (Fsp3) is 0.471. The highest BCUT2D eigenvalue weighted by molar-refractivity contribution is 5.85. The van der Waals surface area contributed by atoms with Gasteiger partial charge in [-0.3, -0.25) is 4.90 Å². The molecule has 0 spiro atoms. The first-order chi connectivity index (χ1) is 10.6. The molecule has 0 unspecified atom stereocenters. The van der Waals surface area contributed by atoms with Crippen molar-refractivity contribution in [2.75, 3.05) is 33.3 Å². The molecule has 1 heterocycles. The molecule has 2 N–H and O–H groups in total. The van der Waals surface area contributed by atoms with Crippen molar-refractivity contribution >= 4 is 24.8 Å². The maximum atomic E-state index is 10.5. The molecule has 1 aromatic carbocycles. The highest BCUT2D eigenvalue weighted by Crippen LogP contribution is 2.39. The molecule has 2 rings (SSSR count). The van der Waals surface area contributed by atoms with Gasteiger partial charge in [0.2, 0.25) is 0 Å². The predicted octanol–water partition coefficient (Wildman–Crippen LogP) is 3.03. The number of piperazine rings is 1. The van der Waals surface area contributed by atoms with E-state index in [-0.39, 0.29) is 36.6 Å². The van der Waals surface area contributed by atoms with E-state index in [0.717, 1.165) is 43.7 Å². The summed E-state index contributed by atoms with van der Waals surface area (Å²) in [6.45, 7) is 9.63. The Morgan fingerprint density at radius 2 is 2.04 bits per heavy atom. The van der Waals surface area contributed by atoms with Gasteiger partial charge in [-0.25, -0.2) is 0 Å². The molecule has 1 saturated heterocycles. The van der Waals surface area contributed by atoms with Gasteiger partial charge >= 0.3 is 0 Å². The van der Waals surface area contributed by atoms with Crippen molar-refractivity contribution < 1.29 is 9.84 Å². The van der Waals surface area contributed by atoms with Gasteiger partial charge in [0.05, 0.1) is 18.7 Å². The third kappa shape index (κ3) is 5.29. The number of aromatic hydroxyl groups is 1. The van der Waals surface area contributed by atoms with Crippen LogP contribution in [-0.4, -0.2) is 43.3 Å². The summed E-state index contributed by atoms with van der Waals surface area (Å²) in [6, 6.07) is 5.46. The van der Waals surface area contributed by atoms with E-state index in [2.05, 4.69) is 22.9 Å². The molecule has 0 amide bonds.